The molecule has 0 aliphatic rings. The zero-order chi connectivity index (χ0) is 14.0. The summed E-state index contributed by atoms with van der Waals surface area (Å²) in [5, 5.41) is 0. The summed E-state index contributed by atoms with van der Waals surface area (Å²) in [5.74, 6) is -1.61. The molecule has 2 rings (SSSR count). The highest BCUT2D eigenvalue weighted by molar-refractivity contribution is 5.90. The number of hydrogen-bond donors (Lipinski definition) is 1. The Morgan fingerprint density at radius 1 is 1.00 bits per heavy atom. The molecule has 0 fully saturated rings. The van der Waals surface area contributed by atoms with Crippen molar-refractivity contribution in [2.24, 2.45) is 5.73 Å². The fraction of sp³-hybridized carbons (Fsp3) is 0.133. The topological polar surface area (TPSA) is 43.1 Å². The molecule has 2 aromatic rings. The van der Waals surface area contributed by atoms with E-state index < -0.39 is 23.0 Å². The molecule has 2 N–H and O–H groups in total. The molecular weight excluding hydrogens is 248 g/mol. The van der Waals surface area contributed by atoms with Crippen LogP contribution in [0.15, 0.2) is 48.5 Å². The van der Waals surface area contributed by atoms with E-state index in [9.17, 15) is 13.6 Å². The second-order valence-electron chi connectivity index (χ2n) is 4.51. The third kappa shape index (κ3) is 2.34. The van der Waals surface area contributed by atoms with Crippen molar-refractivity contribution in [1.29, 1.82) is 0 Å². The minimum absolute atomic E-state index is 0.394. The molecule has 2 aromatic carbocycles. The molecule has 0 saturated carbocycles. The van der Waals surface area contributed by atoms with Crippen molar-refractivity contribution in [1.82, 2.24) is 0 Å². The maximum Gasteiger partial charge on any atom is 0.232 e. The summed E-state index contributed by atoms with van der Waals surface area (Å²) in [6, 6.07) is 11.2. The molecule has 0 bridgehead atoms. The zero-order valence-corrected chi connectivity index (χ0v) is 10.4. The second-order valence-corrected chi connectivity index (χ2v) is 4.51. The molecule has 0 saturated heterocycles. The molecule has 2 nitrogen and oxygen atoms in total. The van der Waals surface area contributed by atoms with Crippen molar-refractivity contribution in [2.75, 3.05) is 0 Å². The smallest absolute Gasteiger partial charge is 0.232 e. The van der Waals surface area contributed by atoms with Crippen molar-refractivity contribution in [3.8, 4) is 0 Å². The molecule has 0 radical (unpaired) electrons. The van der Waals surface area contributed by atoms with E-state index in [-0.39, 0.29) is 0 Å². The average Bonchev–Trinajstić information content (AvgIpc) is 2.37. The van der Waals surface area contributed by atoms with Gasteiger partial charge in [-0.1, -0.05) is 24.3 Å². The number of benzene rings is 2. The van der Waals surface area contributed by atoms with Crippen LogP contribution in [0.2, 0.25) is 0 Å². The SMILES string of the molecule is CC(C(N)=O)(c1cccc(F)c1)c1cccc(F)c1. The minimum atomic E-state index is -1.27. The minimum Gasteiger partial charge on any atom is -0.369 e. The number of carbonyl (C=O) groups excluding carboxylic acids is 1. The van der Waals surface area contributed by atoms with Crippen LogP contribution in [0.25, 0.3) is 0 Å². The van der Waals surface area contributed by atoms with Gasteiger partial charge < -0.3 is 5.73 Å². The second kappa shape index (κ2) is 4.80. The van der Waals surface area contributed by atoms with Gasteiger partial charge in [0.25, 0.3) is 0 Å². The first-order chi connectivity index (χ1) is 8.94. The summed E-state index contributed by atoms with van der Waals surface area (Å²) in [6.07, 6.45) is 0. The van der Waals surface area contributed by atoms with Crippen molar-refractivity contribution < 1.29 is 13.6 Å². The summed E-state index contributed by atoms with van der Waals surface area (Å²) in [6.45, 7) is 1.55. The first-order valence-electron chi connectivity index (χ1n) is 5.76. The lowest BCUT2D eigenvalue weighted by Crippen LogP contribution is -2.39. The average molecular weight is 261 g/mol. The van der Waals surface area contributed by atoms with E-state index in [2.05, 4.69) is 0 Å². The summed E-state index contributed by atoms with van der Waals surface area (Å²) >= 11 is 0. The van der Waals surface area contributed by atoms with Gasteiger partial charge in [0.1, 0.15) is 11.6 Å². The fourth-order valence-corrected chi connectivity index (χ4v) is 2.05. The Hall–Kier alpha value is -2.23. The summed E-state index contributed by atoms with van der Waals surface area (Å²) < 4.78 is 26.7. The van der Waals surface area contributed by atoms with Crippen LogP contribution in [0.5, 0.6) is 0 Å². The summed E-state index contributed by atoms with van der Waals surface area (Å²) in [4.78, 5) is 11.8. The highest BCUT2D eigenvalue weighted by Gasteiger charge is 2.35. The van der Waals surface area contributed by atoms with E-state index in [0.29, 0.717) is 11.1 Å². The molecule has 0 aromatic heterocycles. The van der Waals surface area contributed by atoms with E-state index in [4.69, 9.17) is 5.73 Å². The van der Waals surface area contributed by atoms with Crippen LogP contribution in [0, 0.1) is 11.6 Å². The summed E-state index contributed by atoms with van der Waals surface area (Å²) in [7, 11) is 0. The Bertz CT molecular complexity index is 580. The monoisotopic (exact) mass is 261 g/mol. The van der Waals surface area contributed by atoms with Gasteiger partial charge in [-0.15, -0.1) is 0 Å². The molecule has 1 amide bonds. The molecule has 98 valence electrons. The fourth-order valence-electron chi connectivity index (χ4n) is 2.05. The number of carbonyl (C=O) groups is 1. The van der Waals surface area contributed by atoms with Crippen molar-refractivity contribution >= 4 is 5.91 Å². The lowest BCUT2D eigenvalue weighted by Gasteiger charge is -2.27. The van der Waals surface area contributed by atoms with Gasteiger partial charge in [-0.05, 0) is 42.3 Å². The number of hydrogen-bond acceptors (Lipinski definition) is 1. The third-order valence-corrected chi connectivity index (χ3v) is 3.30. The maximum atomic E-state index is 13.3. The first kappa shape index (κ1) is 13.2. The van der Waals surface area contributed by atoms with Crippen molar-refractivity contribution in [3.63, 3.8) is 0 Å². The van der Waals surface area contributed by atoms with Crippen molar-refractivity contribution in [2.45, 2.75) is 12.3 Å². The van der Waals surface area contributed by atoms with Crippen LogP contribution >= 0.6 is 0 Å². The lowest BCUT2D eigenvalue weighted by molar-refractivity contribution is -0.121. The van der Waals surface area contributed by atoms with Crippen LogP contribution in [0.1, 0.15) is 18.1 Å². The van der Waals surface area contributed by atoms with Gasteiger partial charge in [-0.25, -0.2) is 8.78 Å². The van der Waals surface area contributed by atoms with Gasteiger partial charge in [0.05, 0.1) is 5.41 Å². The molecule has 0 spiro atoms. The Labute approximate surface area is 109 Å². The molecule has 0 aliphatic heterocycles. The highest BCUT2D eigenvalue weighted by atomic mass is 19.1. The first-order valence-corrected chi connectivity index (χ1v) is 5.76. The standard InChI is InChI=1S/C15H13F2NO/c1-15(14(18)19,10-4-2-6-12(16)8-10)11-5-3-7-13(17)9-11/h2-9H,1H3,(H2,18,19). The normalized spacial score (nSPS) is 11.3. The van der Waals surface area contributed by atoms with E-state index >= 15 is 0 Å². The Morgan fingerprint density at radius 2 is 1.42 bits per heavy atom. The molecule has 0 aliphatic carbocycles. The van der Waals surface area contributed by atoms with Crippen LogP contribution in [0.3, 0.4) is 0 Å². The molecule has 19 heavy (non-hydrogen) atoms. The predicted octanol–water partition coefficient (Wildman–Crippen LogP) is 2.76. The van der Waals surface area contributed by atoms with Crippen LogP contribution in [-0.4, -0.2) is 5.91 Å². The highest BCUT2D eigenvalue weighted by Crippen LogP contribution is 2.32. The number of halogens is 2. The zero-order valence-electron chi connectivity index (χ0n) is 10.4. The number of rotatable bonds is 3. The Balaban J connectivity index is 2.65. The molecule has 4 heteroatoms. The van der Waals surface area contributed by atoms with Crippen molar-refractivity contribution in [3.05, 3.63) is 71.3 Å². The van der Waals surface area contributed by atoms with Crippen LogP contribution in [0.4, 0.5) is 8.78 Å². The van der Waals surface area contributed by atoms with Gasteiger partial charge >= 0.3 is 0 Å². The van der Waals surface area contributed by atoms with Gasteiger partial charge in [0.15, 0.2) is 0 Å². The van der Waals surface area contributed by atoms with Crippen LogP contribution < -0.4 is 5.73 Å². The van der Waals surface area contributed by atoms with E-state index in [1.54, 1.807) is 19.1 Å². The maximum absolute atomic E-state index is 13.3. The van der Waals surface area contributed by atoms with Gasteiger partial charge in [-0.2, -0.15) is 0 Å². The third-order valence-electron chi connectivity index (χ3n) is 3.30. The predicted molar refractivity (Wildman–Crippen MR) is 68.4 cm³/mol. The number of amides is 1. The quantitative estimate of drug-likeness (QED) is 0.907. The molecule has 0 heterocycles. The lowest BCUT2D eigenvalue weighted by atomic mass is 9.75. The largest absolute Gasteiger partial charge is 0.369 e. The van der Waals surface area contributed by atoms with Crippen LogP contribution in [-0.2, 0) is 10.2 Å². The molecular formula is C15H13F2NO. The Morgan fingerprint density at radius 3 is 1.74 bits per heavy atom. The van der Waals surface area contributed by atoms with E-state index in [1.165, 1.54) is 36.4 Å². The van der Waals surface area contributed by atoms with E-state index in [0.717, 1.165) is 0 Å². The number of primary amides is 1. The summed E-state index contributed by atoms with van der Waals surface area (Å²) in [5.41, 5.74) is 4.97. The van der Waals surface area contributed by atoms with E-state index in [1.807, 2.05) is 0 Å². The number of nitrogens with two attached hydrogens (primary N) is 1. The molecule has 0 unspecified atom stereocenters. The Kier molecular flexibility index (Phi) is 3.34. The molecule has 0 atom stereocenters. The van der Waals surface area contributed by atoms with Gasteiger partial charge in [0, 0.05) is 0 Å². The van der Waals surface area contributed by atoms with Gasteiger partial charge in [-0.3, -0.25) is 4.79 Å². The van der Waals surface area contributed by atoms with Gasteiger partial charge in [0.2, 0.25) is 5.91 Å².